The first-order valence-corrected chi connectivity index (χ1v) is 9.30. The lowest BCUT2D eigenvalue weighted by molar-refractivity contribution is -0.677. The molecule has 0 radical (unpaired) electrons. The molecule has 2 aromatic rings. The Balaban J connectivity index is 2.43. The number of oxazole rings is 1. The number of halogens is 1. The van der Waals surface area contributed by atoms with Crippen LogP contribution in [0.5, 0.6) is 0 Å². The molecule has 0 saturated carbocycles. The average molecular weight is 357 g/mol. The van der Waals surface area contributed by atoms with Gasteiger partial charge in [-0.05, 0) is 19.1 Å². The van der Waals surface area contributed by atoms with Gasteiger partial charge in [-0.1, -0.05) is 6.92 Å². The lowest BCUT2D eigenvalue weighted by Gasteiger charge is -2.05. The zero-order chi connectivity index (χ0) is 17.7. The minimum Gasteiger partial charge on any atom is -0.748 e. The lowest BCUT2D eigenvalue weighted by Crippen LogP contribution is -2.36. The number of fused-ring (bicyclic) bond motifs is 1. The van der Waals surface area contributed by atoms with E-state index in [0.717, 1.165) is 0 Å². The van der Waals surface area contributed by atoms with Crippen LogP contribution in [0.3, 0.4) is 0 Å². The van der Waals surface area contributed by atoms with Gasteiger partial charge in [-0.2, -0.15) is 4.57 Å². The Morgan fingerprint density at radius 2 is 2.17 bits per heavy atom. The van der Waals surface area contributed by atoms with Crippen molar-refractivity contribution in [1.82, 2.24) is 0 Å². The fourth-order valence-electron chi connectivity index (χ4n) is 2.38. The molecule has 0 aliphatic rings. The third-order valence-electron chi connectivity index (χ3n) is 3.43. The van der Waals surface area contributed by atoms with E-state index in [4.69, 9.17) is 9.15 Å². The summed E-state index contributed by atoms with van der Waals surface area (Å²) in [4.78, 5) is 0. The van der Waals surface area contributed by atoms with Crippen LogP contribution in [0.1, 0.15) is 32.6 Å². The largest absolute Gasteiger partial charge is 0.748 e. The van der Waals surface area contributed by atoms with Crippen LogP contribution in [0.15, 0.2) is 28.4 Å². The van der Waals surface area contributed by atoms with Gasteiger partial charge >= 0.3 is 5.89 Å². The first kappa shape index (κ1) is 18.4. The molecule has 0 aliphatic carbocycles. The molecule has 132 valence electrons. The summed E-state index contributed by atoms with van der Waals surface area (Å²) in [5.41, 5.74) is 0.969. The highest BCUT2D eigenvalue weighted by Crippen LogP contribution is 2.18. The Morgan fingerprint density at radius 1 is 1.42 bits per heavy atom. The maximum absolute atomic E-state index is 13.5. The van der Waals surface area contributed by atoms with E-state index in [0.29, 0.717) is 35.8 Å². The number of allylic oxidation sites excluding steroid dienone is 1. The molecule has 0 saturated heterocycles. The molecule has 0 N–H and O–H groups in total. The molecule has 1 heterocycles. The zero-order valence-corrected chi connectivity index (χ0v) is 14.4. The normalized spacial score (nSPS) is 12.8. The van der Waals surface area contributed by atoms with Crippen molar-refractivity contribution in [3.8, 4) is 0 Å². The molecule has 1 aromatic carbocycles. The third-order valence-corrected chi connectivity index (χ3v) is 4.22. The zero-order valence-electron chi connectivity index (χ0n) is 13.6. The second-order valence-electron chi connectivity index (χ2n) is 5.22. The van der Waals surface area contributed by atoms with Gasteiger partial charge in [0.25, 0.3) is 5.52 Å². The summed E-state index contributed by atoms with van der Waals surface area (Å²) in [7, 11) is -4.30. The molecular weight excluding hydrogens is 337 g/mol. The molecule has 6 nitrogen and oxygen atoms in total. The summed E-state index contributed by atoms with van der Waals surface area (Å²) < 4.78 is 58.8. The van der Waals surface area contributed by atoms with Crippen molar-refractivity contribution in [1.29, 1.82) is 0 Å². The number of hydrogen-bond acceptors (Lipinski definition) is 5. The summed E-state index contributed by atoms with van der Waals surface area (Å²) in [5.74, 6) is 0.202. The molecular formula is C16H20FNO5S. The van der Waals surface area contributed by atoms with Crippen LogP contribution in [0.2, 0.25) is 0 Å². The standard InChI is InChI=1S/C16H20FNO5S/c1-3-13(22-4-2)11-16-18(8-5-9-24(19,20)21)14-10-12(17)6-7-15(14)23-16/h6-7,10-11H,3-5,8-9H2,1-2H3. The molecule has 0 aliphatic heterocycles. The Hall–Kier alpha value is -1.93. The Morgan fingerprint density at radius 3 is 2.79 bits per heavy atom. The van der Waals surface area contributed by atoms with Crippen molar-refractivity contribution in [2.75, 3.05) is 12.4 Å². The number of benzene rings is 1. The fourth-order valence-corrected chi connectivity index (χ4v) is 2.86. The molecule has 24 heavy (non-hydrogen) atoms. The maximum Gasteiger partial charge on any atom is 0.377 e. The smallest absolute Gasteiger partial charge is 0.377 e. The van der Waals surface area contributed by atoms with Crippen molar-refractivity contribution in [3.63, 3.8) is 0 Å². The Kier molecular flexibility index (Phi) is 5.95. The molecule has 0 unspecified atom stereocenters. The van der Waals surface area contributed by atoms with E-state index in [1.807, 2.05) is 13.8 Å². The predicted molar refractivity (Wildman–Crippen MR) is 85.4 cm³/mol. The van der Waals surface area contributed by atoms with Crippen molar-refractivity contribution in [2.45, 2.75) is 33.2 Å². The number of aryl methyl sites for hydroxylation is 1. The van der Waals surface area contributed by atoms with E-state index in [2.05, 4.69) is 0 Å². The number of rotatable bonds is 8. The quantitative estimate of drug-likeness (QED) is 0.412. The van der Waals surface area contributed by atoms with Crippen LogP contribution in [0.4, 0.5) is 4.39 Å². The molecule has 1 aromatic heterocycles. The summed E-state index contributed by atoms with van der Waals surface area (Å²) in [5, 5.41) is 0. The second kappa shape index (κ2) is 7.76. The highest BCUT2D eigenvalue weighted by Gasteiger charge is 2.22. The van der Waals surface area contributed by atoms with Gasteiger partial charge in [0, 0.05) is 24.7 Å². The average Bonchev–Trinajstić information content (AvgIpc) is 2.83. The highest BCUT2D eigenvalue weighted by atomic mass is 32.2. The van der Waals surface area contributed by atoms with E-state index in [1.54, 1.807) is 10.6 Å². The predicted octanol–water partition coefficient (Wildman–Crippen LogP) is 2.58. The summed E-state index contributed by atoms with van der Waals surface area (Å²) in [6.07, 6.45) is 2.46. The van der Waals surface area contributed by atoms with Crippen LogP contribution >= 0.6 is 0 Å². The van der Waals surface area contributed by atoms with Gasteiger partial charge in [-0.25, -0.2) is 12.8 Å². The van der Waals surface area contributed by atoms with Crippen molar-refractivity contribution < 1.29 is 31.1 Å². The maximum atomic E-state index is 13.5. The van der Waals surface area contributed by atoms with E-state index in [-0.39, 0.29) is 13.0 Å². The minimum atomic E-state index is -4.30. The number of aromatic nitrogens is 1. The van der Waals surface area contributed by atoms with Gasteiger partial charge in [0.05, 0.1) is 22.8 Å². The lowest BCUT2D eigenvalue weighted by atomic mass is 10.3. The molecule has 0 amide bonds. The van der Waals surface area contributed by atoms with Gasteiger partial charge < -0.3 is 13.7 Å². The summed E-state index contributed by atoms with van der Waals surface area (Å²) in [6, 6.07) is 4.11. The van der Waals surface area contributed by atoms with E-state index < -0.39 is 21.7 Å². The SMILES string of the molecule is CCOC(=Cc1oc2ccc(F)cc2[n+]1CCCS(=O)(=O)[O-])CC. The van der Waals surface area contributed by atoms with Crippen molar-refractivity contribution >= 4 is 27.3 Å². The molecule has 8 heteroatoms. The second-order valence-corrected chi connectivity index (χ2v) is 6.74. The van der Waals surface area contributed by atoms with Gasteiger partial charge in [0.2, 0.25) is 5.58 Å². The van der Waals surface area contributed by atoms with Crippen molar-refractivity contribution in [3.05, 3.63) is 35.7 Å². The van der Waals surface area contributed by atoms with E-state index in [9.17, 15) is 17.4 Å². The van der Waals surface area contributed by atoms with Crippen LogP contribution in [0, 0.1) is 5.82 Å². The van der Waals surface area contributed by atoms with Gasteiger partial charge in [-0.15, -0.1) is 0 Å². The third kappa shape index (κ3) is 4.78. The first-order chi connectivity index (χ1) is 11.3. The topological polar surface area (TPSA) is 83.5 Å². The molecule has 0 spiro atoms. The van der Waals surface area contributed by atoms with Crippen molar-refractivity contribution in [2.24, 2.45) is 0 Å². The fraction of sp³-hybridized carbons (Fsp3) is 0.438. The van der Waals surface area contributed by atoms with E-state index in [1.165, 1.54) is 18.2 Å². The highest BCUT2D eigenvalue weighted by molar-refractivity contribution is 7.85. The van der Waals surface area contributed by atoms with Crippen LogP contribution in [0.25, 0.3) is 17.2 Å². The van der Waals surface area contributed by atoms with Gasteiger partial charge in [-0.3, -0.25) is 0 Å². The summed E-state index contributed by atoms with van der Waals surface area (Å²) in [6.45, 7) is 4.51. The number of hydrogen-bond donors (Lipinski definition) is 0. The first-order valence-electron chi connectivity index (χ1n) is 7.73. The van der Waals surface area contributed by atoms with Gasteiger partial charge in [0.15, 0.2) is 6.54 Å². The Bertz CT molecular complexity index is 842. The van der Waals surface area contributed by atoms with E-state index >= 15 is 0 Å². The number of ether oxygens (including phenoxy) is 1. The molecule has 0 fully saturated rings. The van der Waals surface area contributed by atoms with Crippen LogP contribution in [-0.4, -0.2) is 25.3 Å². The minimum absolute atomic E-state index is 0.110. The molecule has 2 rings (SSSR count). The molecule has 0 atom stereocenters. The van der Waals surface area contributed by atoms with Crippen LogP contribution < -0.4 is 4.57 Å². The van der Waals surface area contributed by atoms with Crippen LogP contribution in [-0.2, 0) is 21.4 Å². The monoisotopic (exact) mass is 357 g/mol. The Labute approximate surface area is 140 Å². The molecule has 0 bridgehead atoms. The number of nitrogens with zero attached hydrogens (tertiary/aromatic N) is 1. The summed E-state index contributed by atoms with van der Waals surface area (Å²) >= 11 is 0. The van der Waals surface area contributed by atoms with Gasteiger partial charge in [0.1, 0.15) is 11.6 Å².